The highest BCUT2D eigenvalue weighted by Crippen LogP contribution is 2.42. The van der Waals surface area contributed by atoms with Crippen LogP contribution in [0.15, 0.2) is 71.5 Å². The van der Waals surface area contributed by atoms with Gasteiger partial charge >= 0.3 is 5.97 Å². The Morgan fingerprint density at radius 1 is 1.04 bits per heavy atom. The van der Waals surface area contributed by atoms with Gasteiger partial charge in [-0.1, -0.05) is 43.3 Å². The molecule has 0 bridgehead atoms. The fourth-order valence-electron chi connectivity index (χ4n) is 7.06. The number of aromatic nitrogens is 2. The van der Waals surface area contributed by atoms with Crippen molar-refractivity contribution in [3.63, 3.8) is 0 Å². The van der Waals surface area contributed by atoms with Gasteiger partial charge in [-0.05, 0) is 74.0 Å². The second-order valence-electron chi connectivity index (χ2n) is 12.8. The van der Waals surface area contributed by atoms with Crippen molar-refractivity contribution in [3.05, 3.63) is 110 Å². The van der Waals surface area contributed by atoms with Gasteiger partial charge in [0.05, 0.1) is 29.0 Å². The lowest BCUT2D eigenvalue weighted by Crippen LogP contribution is -2.44. The zero-order chi connectivity index (χ0) is 33.9. The second-order valence-corrected chi connectivity index (χ2v) is 12.8. The number of nitrogens with one attached hydrogen (secondary N) is 1. The number of cyclic esters (lactones) is 1. The molecule has 8 rings (SSSR count). The number of aromatic hydroxyl groups is 1. The van der Waals surface area contributed by atoms with Crippen LogP contribution in [0.5, 0.6) is 5.75 Å². The predicted molar refractivity (Wildman–Crippen MR) is 183 cm³/mol. The van der Waals surface area contributed by atoms with Gasteiger partial charge in [-0.2, -0.15) is 0 Å². The molecule has 3 aromatic carbocycles. The van der Waals surface area contributed by atoms with Crippen LogP contribution in [0.25, 0.3) is 33.4 Å². The van der Waals surface area contributed by atoms with Gasteiger partial charge in [-0.3, -0.25) is 9.59 Å². The van der Waals surface area contributed by atoms with Crippen LogP contribution in [0, 0.1) is 0 Å². The fourth-order valence-corrected chi connectivity index (χ4v) is 7.06. The molecule has 1 atom stereocenters. The summed E-state index contributed by atoms with van der Waals surface area (Å²) < 4.78 is 6.71. The highest BCUT2D eigenvalue weighted by molar-refractivity contribution is 5.97. The number of ether oxygens (including phenoxy) is 1. The Morgan fingerprint density at radius 3 is 2.56 bits per heavy atom. The maximum absolute atomic E-state index is 13.2. The first-order valence-corrected chi connectivity index (χ1v) is 15.9. The number of anilines is 1. The summed E-state index contributed by atoms with van der Waals surface area (Å²) in [6.45, 7) is 3.95. The van der Waals surface area contributed by atoms with Gasteiger partial charge in [0.25, 0.3) is 5.56 Å². The van der Waals surface area contributed by atoms with Crippen LogP contribution in [0.4, 0.5) is 5.69 Å². The first-order chi connectivity index (χ1) is 23.0. The zero-order valence-corrected chi connectivity index (χ0v) is 27.3. The molecule has 5 aromatic rings. The van der Waals surface area contributed by atoms with Crippen molar-refractivity contribution in [2.24, 2.45) is 0 Å². The molecule has 0 saturated heterocycles. The number of carbonyl (C=O) groups is 2. The van der Waals surface area contributed by atoms with Gasteiger partial charge in [0, 0.05) is 46.8 Å². The van der Waals surface area contributed by atoms with E-state index in [9.17, 15) is 24.6 Å². The average Bonchev–Trinajstić information content (AvgIpc) is 3.62. The van der Waals surface area contributed by atoms with E-state index in [0.717, 1.165) is 28.6 Å². The molecule has 0 saturated carbocycles. The van der Waals surface area contributed by atoms with E-state index in [1.165, 1.54) is 22.3 Å². The first-order valence-electron chi connectivity index (χ1n) is 15.9. The van der Waals surface area contributed by atoms with Gasteiger partial charge in [0.15, 0.2) is 5.60 Å². The maximum atomic E-state index is 13.2. The number of esters is 1. The van der Waals surface area contributed by atoms with Crippen molar-refractivity contribution in [2.45, 2.75) is 52.0 Å². The molecule has 0 fully saturated rings. The molecule has 10 nitrogen and oxygen atoms in total. The Kier molecular flexibility index (Phi) is 7.65. The summed E-state index contributed by atoms with van der Waals surface area (Å²) in [7, 11) is 3.86. The van der Waals surface area contributed by atoms with E-state index in [1.54, 1.807) is 36.6 Å². The number of nitrogens with zero attached hydrogens (tertiary/aromatic N) is 3. The standard InChI is InChI=1S/C23H23N3O5.C15H13NO/c1-4-23(30)16-8-18-20-12(9-26(18)21(28)15(16)11-31-22(23)29)7-13-14(10-25(2)3)19(27)6-5-17(13)24-20;1-10(17)16-14-8-4-6-12-9-11-5-2-3-7-13(11)15(12)14/h5-8,27,30H,4,9-11H2,1-3H3;2-8H,9H2,1H3,(H,16,17)/t23-;/m0./s1. The summed E-state index contributed by atoms with van der Waals surface area (Å²) in [4.78, 5) is 43.5. The molecule has 10 heteroatoms. The molecule has 2 aromatic heterocycles. The van der Waals surface area contributed by atoms with Gasteiger partial charge < -0.3 is 29.7 Å². The minimum Gasteiger partial charge on any atom is -0.508 e. The van der Waals surface area contributed by atoms with E-state index in [2.05, 4.69) is 29.6 Å². The van der Waals surface area contributed by atoms with Crippen molar-refractivity contribution >= 4 is 28.5 Å². The summed E-state index contributed by atoms with van der Waals surface area (Å²) in [5.41, 5.74) is 7.99. The summed E-state index contributed by atoms with van der Waals surface area (Å²) in [6.07, 6.45) is 1.06. The van der Waals surface area contributed by atoms with E-state index in [4.69, 9.17) is 9.72 Å². The van der Waals surface area contributed by atoms with Gasteiger partial charge in [-0.25, -0.2) is 9.78 Å². The SMILES string of the molecule is CC(=O)Nc1cccc2c1-c1ccccc1C2.CC[C@@]1(O)C(=O)OCc2c1cc1n(c2=O)Cc2cc3c(CN(C)C)c(O)ccc3nc2-1. The fraction of sp³-hybridized carbons (Fsp3) is 0.263. The van der Waals surface area contributed by atoms with E-state index in [0.29, 0.717) is 41.1 Å². The van der Waals surface area contributed by atoms with Crippen LogP contribution in [-0.4, -0.2) is 50.6 Å². The minimum atomic E-state index is -1.84. The van der Waals surface area contributed by atoms with E-state index >= 15 is 0 Å². The lowest BCUT2D eigenvalue weighted by Gasteiger charge is -2.31. The third-order valence-corrected chi connectivity index (χ3v) is 9.38. The molecular formula is C38H36N4O6. The van der Waals surface area contributed by atoms with Gasteiger partial charge in [0.2, 0.25) is 5.91 Å². The van der Waals surface area contributed by atoms with Crippen molar-refractivity contribution in [3.8, 4) is 28.3 Å². The molecule has 244 valence electrons. The topological polar surface area (TPSA) is 134 Å². The number of benzene rings is 3. The van der Waals surface area contributed by atoms with Crippen molar-refractivity contribution in [2.75, 3.05) is 19.4 Å². The molecule has 1 aliphatic carbocycles. The van der Waals surface area contributed by atoms with Crippen molar-refractivity contribution < 1.29 is 24.5 Å². The largest absolute Gasteiger partial charge is 0.508 e. The summed E-state index contributed by atoms with van der Waals surface area (Å²) >= 11 is 0. The number of phenolic OH excluding ortho intramolecular Hbond substituents is 1. The number of carbonyl (C=O) groups excluding carboxylic acids is 2. The number of hydrogen-bond donors (Lipinski definition) is 3. The Morgan fingerprint density at radius 2 is 1.81 bits per heavy atom. The summed E-state index contributed by atoms with van der Waals surface area (Å²) in [5.74, 6) is -0.558. The summed E-state index contributed by atoms with van der Waals surface area (Å²) in [6, 6.07) is 21.5. The highest BCUT2D eigenvalue weighted by atomic mass is 16.6. The maximum Gasteiger partial charge on any atom is 0.343 e. The number of aliphatic hydroxyl groups is 1. The highest BCUT2D eigenvalue weighted by Gasteiger charge is 2.45. The zero-order valence-electron chi connectivity index (χ0n) is 27.3. The van der Waals surface area contributed by atoms with Gasteiger partial charge in [0.1, 0.15) is 12.4 Å². The number of fused-ring (bicyclic) bond motifs is 8. The van der Waals surface area contributed by atoms with Crippen LogP contribution < -0.4 is 10.9 Å². The predicted octanol–water partition coefficient (Wildman–Crippen LogP) is 5.06. The van der Waals surface area contributed by atoms with Crippen LogP contribution >= 0.6 is 0 Å². The van der Waals surface area contributed by atoms with E-state index < -0.39 is 11.6 Å². The number of hydrogen-bond acceptors (Lipinski definition) is 8. The van der Waals surface area contributed by atoms with Crippen molar-refractivity contribution in [1.82, 2.24) is 14.5 Å². The van der Waals surface area contributed by atoms with Crippen LogP contribution in [0.3, 0.4) is 0 Å². The quantitative estimate of drug-likeness (QED) is 0.227. The number of rotatable bonds is 4. The second kappa shape index (κ2) is 11.7. The molecule has 0 unspecified atom stereocenters. The molecular weight excluding hydrogens is 608 g/mol. The molecule has 2 aliphatic heterocycles. The smallest absolute Gasteiger partial charge is 0.343 e. The number of phenols is 1. The molecule has 48 heavy (non-hydrogen) atoms. The van der Waals surface area contributed by atoms with Crippen LogP contribution in [0.1, 0.15) is 53.6 Å². The Bertz CT molecular complexity index is 2220. The Balaban J connectivity index is 0.000000180. The molecule has 3 N–H and O–H groups in total. The molecule has 0 radical (unpaired) electrons. The Labute approximate surface area is 277 Å². The third kappa shape index (κ3) is 5.04. The van der Waals surface area contributed by atoms with E-state index in [-0.39, 0.29) is 30.2 Å². The number of amides is 1. The molecule has 4 heterocycles. The number of pyridine rings is 2. The van der Waals surface area contributed by atoms with E-state index in [1.807, 2.05) is 43.3 Å². The molecule has 0 spiro atoms. The molecule has 1 amide bonds. The average molecular weight is 645 g/mol. The lowest BCUT2D eigenvalue weighted by atomic mass is 9.86. The van der Waals surface area contributed by atoms with Gasteiger partial charge in [-0.15, -0.1) is 0 Å². The van der Waals surface area contributed by atoms with Crippen molar-refractivity contribution in [1.29, 1.82) is 0 Å². The van der Waals surface area contributed by atoms with Crippen LogP contribution in [0.2, 0.25) is 0 Å². The third-order valence-electron chi connectivity index (χ3n) is 9.38. The summed E-state index contributed by atoms with van der Waals surface area (Å²) in [5, 5.41) is 25.1. The minimum absolute atomic E-state index is 0.0252. The Hall–Kier alpha value is -5.32. The normalized spacial score (nSPS) is 16.7. The first kappa shape index (κ1) is 31.3. The lowest BCUT2D eigenvalue weighted by molar-refractivity contribution is -0.172. The van der Waals surface area contributed by atoms with Crippen LogP contribution in [-0.2, 0) is 46.0 Å². The monoisotopic (exact) mass is 644 g/mol. The molecule has 3 aliphatic rings.